The first-order chi connectivity index (χ1) is 10.1. The van der Waals surface area contributed by atoms with E-state index < -0.39 is 11.4 Å². The Bertz CT molecular complexity index is 550. The first-order valence-electron chi connectivity index (χ1n) is 7.37. The third kappa shape index (κ3) is 5.06. The number of rotatable bonds is 7. The highest BCUT2D eigenvalue weighted by atomic mass is 16.5. The van der Waals surface area contributed by atoms with Gasteiger partial charge in [0.2, 0.25) is 0 Å². The number of carbonyl (C=O) groups is 2. The van der Waals surface area contributed by atoms with Crippen LogP contribution < -0.4 is 10.1 Å². The number of amides is 1. The van der Waals surface area contributed by atoms with Crippen molar-refractivity contribution in [3.63, 3.8) is 0 Å². The number of nitrogens with one attached hydrogen (secondary N) is 1. The molecule has 0 aromatic heterocycles. The molecule has 0 aliphatic heterocycles. The fourth-order valence-corrected chi connectivity index (χ4v) is 1.83. The van der Waals surface area contributed by atoms with Crippen molar-refractivity contribution in [3.05, 3.63) is 29.3 Å². The summed E-state index contributed by atoms with van der Waals surface area (Å²) in [4.78, 5) is 22.8. The summed E-state index contributed by atoms with van der Waals surface area (Å²) in [7, 11) is 0. The van der Waals surface area contributed by atoms with E-state index >= 15 is 0 Å². The molecular formula is C17H25NO4. The second-order valence-corrected chi connectivity index (χ2v) is 6.45. The van der Waals surface area contributed by atoms with Crippen molar-refractivity contribution in [1.82, 2.24) is 5.32 Å². The minimum Gasteiger partial charge on any atom is -0.483 e. The lowest BCUT2D eigenvalue weighted by molar-refractivity contribution is -0.146. The molecule has 1 aromatic rings. The largest absolute Gasteiger partial charge is 0.483 e. The van der Waals surface area contributed by atoms with Crippen LogP contribution in [0.15, 0.2) is 18.2 Å². The Morgan fingerprint density at radius 1 is 1.32 bits per heavy atom. The zero-order valence-corrected chi connectivity index (χ0v) is 13.9. The van der Waals surface area contributed by atoms with Crippen molar-refractivity contribution in [2.75, 3.05) is 13.2 Å². The maximum Gasteiger partial charge on any atom is 0.310 e. The predicted octanol–water partition coefficient (Wildman–Crippen LogP) is 2.72. The highest BCUT2D eigenvalue weighted by Gasteiger charge is 2.27. The van der Waals surface area contributed by atoms with Gasteiger partial charge in [-0.3, -0.25) is 9.59 Å². The summed E-state index contributed by atoms with van der Waals surface area (Å²) in [5.74, 6) is -0.285. The highest BCUT2D eigenvalue weighted by molar-refractivity contribution is 5.79. The van der Waals surface area contributed by atoms with E-state index in [1.807, 2.05) is 25.1 Å². The lowest BCUT2D eigenvalue weighted by Gasteiger charge is -2.20. The van der Waals surface area contributed by atoms with Crippen LogP contribution in [0.4, 0.5) is 0 Å². The summed E-state index contributed by atoms with van der Waals surface area (Å²) >= 11 is 0. The van der Waals surface area contributed by atoms with E-state index in [9.17, 15) is 9.59 Å². The number of hydrogen-bond donors (Lipinski definition) is 2. The average Bonchev–Trinajstić information content (AvgIpc) is 2.42. The van der Waals surface area contributed by atoms with Gasteiger partial charge in [0.1, 0.15) is 5.75 Å². The van der Waals surface area contributed by atoms with Gasteiger partial charge in [-0.05, 0) is 43.9 Å². The van der Waals surface area contributed by atoms with Gasteiger partial charge in [0.05, 0.1) is 5.41 Å². The van der Waals surface area contributed by atoms with Gasteiger partial charge < -0.3 is 15.2 Å². The molecule has 0 fully saturated rings. The van der Waals surface area contributed by atoms with E-state index in [0.717, 1.165) is 11.1 Å². The SMILES string of the molecule is Cc1ccc(C(C)C)c(OCC(=O)NCC(C)(C)C(=O)O)c1. The molecule has 5 nitrogen and oxygen atoms in total. The number of benzene rings is 1. The summed E-state index contributed by atoms with van der Waals surface area (Å²) in [6.07, 6.45) is 0. The number of aliphatic carboxylic acids is 1. The van der Waals surface area contributed by atoms with Crippen molar-refractivity contribution in [2.24, 2.45) is 5.41 Å². The van der Waals surface area contributed by atoms with Crippen LogP contribution in [-0.2, 0) is 9.59 Å². The molecule has 122 valence electrons. The molecule has 0 aliphatic rings. The Hall–Kier alpha value is -2.04. The molecule has 1 amide bonds. The van der Waals surface area contributed by atoms with Crippen LogP contribution in [0.5, 0.6) is 5.75 Å². The molecule has 0 aliphatic carbocycles. The first kappa shape index (κ1) is 18.0. The van der Waals surface area contributed by atoms with Crippen LogP contribution in [0.25, 0.3) is 0 Å². The fourth-order valence-electron chi connectivity index (χ4n) is 1.83. The van der Waals surface area contributed by atoms with E-state index in [4.69, 9.17) is 9.84 Å². The van der Waals surface area contributed by atoms with Gasteiger partial charge in [-0.15, -0.1) is 0 Å². The maximum absolute atomic E-state index is 11.8. The smallest absolute Gasteiger partial charge is 0.310 e. The fraction of sp³-hybridized carbons (Fsp3) is 0.529. The topological polar surface area (TPSA) is 75.6 Å². The van der Waals surface area contributed by atoms with Crippen molar-refractivity contribution >= 4 is 11.9 Å². The predicted molar refractivity (Wildman–Crippen MR) is 85.2 cm³/mol. The van der Waals surface area contributed by atoms with Gasteiger partial charge in [0, 0.05) is 6.54 Å². The molecule has 5 heteroatoms. The molecule has 1 rings (SSSR count). The minimum absolute atomic E-state index is 0.0649. The second kappa shape index (κ2) is 7.29. The maximum atomic E-state index is 11.8. The Balaban J connectivity index is 2.61. The molecule has 0 radical (unpaired) electrons. The van der Waals surface area contributed by atoms with E-state index in [1.54, 1.807) is 13.8 Å². The summed E-state index contributed by atoms with van der Waals surface area (Å²) in [6.45, 7) is 9.16. The lowest BCUT2D eigenvalue weighted by atomic mass is 9.94. The molecule has 1 aromatic carbocycles. The standard InChI is InChI=1S/C17H25NO4/c1-11(2)13-7-6-12(3)8-14(13)22-9-15(19)18-10-17(4,5)16(20)21/h6-8,11H,9-10H2,1-5H3,(H,18,19)(H,20,21). The van der Waals surface area contributed by atoms with Crippen molar-refractivity contribution in [3.8, 4) is 5.75 Å². The van der Waals surface area contributed by atoms with Gasteiger partial charge in [-0.1, -0.05) is 26.0 Å². The quantitative estimate of drug-likeness (QED) is 0.812. The van der Waals surface area contributed by atoms with Crippen LogP contribution >= 0.6 is 0 Å². The number of aryl methyl sites for hydroxylation is 1. The summed E-state index contributed by atoms with van der Waals surface area (Å²) < 4.78 is 5.61. The number of ether oxygens (including phenoxy) is 1. The first-order valence-corrected chi connectivity index (χ1v) is 7.37. The third-order valence-electron chi connectivity index (χ3n) is 3.46. The molecule has 22 heavy (non-hydrogen) atoms. The van der Waals surface area contributed by atoms with Crippen LogP contribution in [0.1, 0.15) is 44.7 Å². The minimum atomic E-state index is -0.998. The Labute approximate surface area is 131 Å². The third-order valence-corrected chi connectivity index (χ3v) is 3.46. The summed E-state index contributed by atoms with van der Waals surface area (Å²) in [5.41, 5.74) is 1.11. The van der Waals surface area contributed by atoms with Crippen LogP contribution in [0.2, 0.25) is 0 Å². The Kier molecular flexibility index (Phi) is 5.97. The van der Waals surface area contributed by atoms with Crippen molar-refractivity contribution < 1.29 is 19.4 Å². The highest BCUT2D eigenvalue weighted by Crippen LogP contribution is 2.27. The molecule has 0 heterocycles. The number of carboxylic acid groups (broad SMARTS) is 1. The average molecular weight is 307 g/mol. The molecule has 0 saturated heterocycles. The summed E-state index contributed by atoms with van der Waals surface area (Å²) in [5, 5.41) is 11.6. The van der Waals surface area contributed by atoms with Crippen LogP contribution in [-0.4, -0.2) is 30.1 Å². The van der Waals surface area contributed by atoms with E-state index in [0.29, 0.717) is 11.7 Å². The molecule has 0 bridgehead atoms. The monoisotopic (exact) mass is 307 g/mol. The van der Waals surface area contributed by atoms with E-state index in [2.05, 4.69) is 19.2 Å². The molecule has 0 atom stereocenters. The van der Waals surface area contributed by atoms with E-state index in [1.165, 1.54) is 0 Å². The van der Waals surface area contributed by atoms with Crippen molar-refractivity contribution in [2.45, 2.75) is 40.5 Å². The molecular weight excluding hydrogens is 282 g/mol. The Morgan fingerprint density at radius 3 is 2.50 bits per heavy atom. The lowest BCUT2D eigenvalue weighted by Crippen LogP contribution is -2.40. The molecule has 0 saturated carbocycles. The molecule has 0 unspecified atom stereocenters. The van der Waals surface area contributed by atoms with Gasteiger partial charge in [0.15, 0.2) is 6.61 Å². The molecule has 0 spiro atoms. The number of carbonyl (C=O) groups excluding carboxylic acids is 1. The van der Waals surface area contributed by atoms with Crippen molar-refractivity contribution in [1.29, 1.82) is 0 Å². The van der Waals surface area contributed by atoms with Gasteiger partial charge in [-0.25, -0.2) is 0 Å². The zero-order chi connectivity index (χ0) is 16.9. The van der Waals surface area contributed by atoms with Gasteiger partial charge in [0.25, 0.3) is 5.91 Å². The zero-order valence-electron chi connectivity index (χ0n) is 13.9. The van der Waals surface area contributed by atoms with E-state index in [-0.39, 0.29) is 19.1 Å². The second-order valence-electron chi connectivity index (χ2n) is 6.45. The molecule has 2 N–H and O–H groups in total. The Morgan fingerprint density at radius 2 is 1.95 bits per heavy atom. The van der Waals surface area contributed by atoms with Crippen LogP contribution in [0, 0.1) is 12.3 Å². The number of hydrogen-bond acceptors (Lipinski definition) is 3. The summed E-state index contributed by atoms with van der Waals surface area (Å²) in [6, 6.07) is 5.92. The van der Waals surface area contributed by atoms with Gasteiger partial charge in [-0.2, -0.15) is 0 Å². The van der Waals surface area contributed by atoms with Gasteiger partial charge >= 0.3 is 5.97 Å². The van der Waals surface area contributed by atoms with Crippen LogP contribution in [0.3, 0.4) is 0 Å². The normalized spacial score (nSPS) is 11.4. The number of carboxylic acids is 1.